The molecule has 0 radical (unpaired) electrons. The maximum atomic E-state index is 12.0. The Kier molecular flexibility index (Phi) is 5.13. The highest BCUT2D eigenvalue weighted by molar-refractivity contribution is 5.91. The Balaban J connectivity index is 1.62. The summed E-state index contributed by atoms with van der Waals surface area (Å²) < 4.78 is 10.7. The van der Waals surface area contributed by atoms with Crippen LogP contribution in [0.25, 0.3) is 0 Å². The van der Waals surface area contributed by atoms with E-state index in [4.69, 9.17) is 9.15 Å². The van der Waals surface area contributed by atoms with Crippen molar-refractivity contribution in [2.45, 2.75) is 12.6 Å². The predicted octanol–water partition coefficient (Wildman–Crippen LogP) is 3.85. The molecule has 1 unspecified atom stereocenters. The Hall–Kier alpha value is -3.52. The van der Waals surface area contributed by atoms with Crippen molar-refractivity contribution in [3.63, 3.8) is 0 Å². The Morgan fingerprint density at radius 2 is 1.84 bits per heavy atom. The van der Waals surface area contributed by atoms with Gasteiger partial charge in [-0.25, -0.2) is 0 Å². The maximum absolute atomic E-state index is 12.0. The summed E-state index contributed by atoms with van der Waals surface area (Å²) in [6.07, 6.45) is 1.41. The second-order valence-electron chi connectivity index (χ2n) is 5.36. The number of carbonyl (C=O) groups excluding carboxylic acids is 1. The second kappa shape index (κ2) is 7.84. The lowest BCUT2D eigenvalue weighted by molar-refractivity contribution is 0.0917. The SMILES string of the molecule is N#CC(NC(=O)c1ccco1)c1ccc(OCc2ccccc2)cc1. The van der Waals surface area contributed by atoms with E-state index in [0.717, 1.165) is 5.56 Å². The molecule has 0 spiro atoms. The standard InChI is InChI=1S/C20H16N2O3/c21-13-18(22-20(23)19-7-4-12-24-19)16-8-10-17(11-9-16)25-14-15-5-2-1-3-6-15/h1-12,18H,14H2,(H,22,23). The summed E-state index contributed by atoms with van der Waals surface area (Å²) in [6, 6.07) is 21.4. The zero-order valence-corrected chi connectivity index (χ0v) is 13.4. The van der Waals surface area contributed by atoms with Crippen LogP contribution in [0.4, 0.5) is 0 Å². The first-order valence-corrected chi connectivity index (χ1v) is 7.77. The highest BCUT2D eigenvalue weighted by atomic mass is 16.5. The topological polar surface area (TPSA) is 75.3 Å². The largest absolute Gasteiger partial charge is 0.489 e. The Morgan fingerprint density at radius 3 is 2.48 bits per heavy atom. The number of carbonyl (C=O) groups is 1. The van der Waals surface area contributed by atoms with Gasteiger partial charge in [0.1, 0.15) is 18.4 Å². The van der Waals surface area contributed by atoms with Gasteiger partial charge in [-0.05, 0) is 35.4 Å². The minimum absolute atomic E-state index is 0.170. The summed E-state index contributed by atoms with van der Waals surface area (Å²) in [5.41, 5.74) is 1.75. The molecule has 1 aromatic heterocycles. The van der Waals surface area contributed by atoms with E-state index in [1.165, 1.54) is 6.26 Å². The average molecular weight is 332 g/mol. The zero-order chi connectivity index (χ0) is 17.5. The third-order valence-electron chi connectivity index (χ3n) is 3.61. The number of rotatable bonds is 6. The van der Waals surface area contributed by atoms with Crippen molar-refractivity contribution < 1.29 is 13.9 Å². The highest BCUT2D eigenvalue weighted by Gasteiger charge is 2.16. The van der Waals surface area contributed by atoms with Crippen LogP contribution >= 0.6 is 0 Å². The van der Waals surface area contributed by atoms with Crippen LogP contribution in [0.3, 0.4) is 0 Å². The fraction of sp³-hybridized carbons (Fsp3) is 0.100. The van der Waals surface area contributed by atoms with Gasteiger partial charge >= 0.3 is 0 Å². The van der Waals surface area contributed by atoms with Crippen molar-refractivity contribution in [3.8, 4) is 11.8 Å². The molecule has 0 aliphatic heterocycles. The van der Waals surface area contributed by atoms with Crippen molar-refractivity contribution in [1.29, 1.82) is 5.26 Å². The number of nitrogens with zero attached hydrogens (tertiary/aromatic N) is 1. The first kappa shape index (κ1) is 16.3. The van der Waals surface area contributed by atoms with Crippen LogP contribution in [0.1, 0.15) is 27.7 Å². The molecular formula is C20H16N2O3. The molecule has 0 aliphatic carbocycles. The molecule has 1 amide bonds. The molecule has 5 heteroatoms. The van der Waals surface area contributed by atoms with Gasteiger partial charge in [-0.3, -0.25) is 4.79 Å². The minimum Gasteiger partial charge on any atom is -0.489 e. The molecule has 124 valence electrons. The monoisotopic (exact) mass is 332 g/mol. The lowest BCUT2D eigenvalue weighted by atomic mass is 10.1. The molecule has 5 nitrogen and oxygen atoms in total. The van der Waals surface area contributed by atoms with Gasteiger partial charge in [0.05, 0.1) is 12.3 Å². The molecule has 0 saturated heterocycles. The van der Waals surface area contributed by atoms with Gasteiger partial charge in [0.15, 0.2) is 5.76 Å². The Bertz CT molecular complexity index is 850. The number of nitriles is 1. The summed E-state index contributed by atoms with van der Waals surface area (Å²) in [5, 5.41) is 11.9. The summed E-state index contributed by atoms with van der Waals surface area (Å²) in [6.45, 7) is 0.469. The van der Waals surface area contributed by atoms with Gasteiger partial charge in [0, 0.05) is 0 Å². The van der Waals surface area contributed by atoms with Gasteiger partial charge < -0.3 is 14.5 Å². The van der Waals surface area contributed by atoms with E-state index >= 15 is 0 Å². The maximum Gasteiger partial charge on any atom is 0.288 e. The van der Waals surface area contributed by atoms with Crippen molar-refractivity contribution in [3.05, 3.63) is 89.9 Å². The first-order chi connectivity index (χ1) is 12.3. The van der Waals surface area contributed by atoms with Gasteiger partial charge in [-0.2, -0.15) is 5.26 Å². The minimum atomic E-state index is -0.763. The number of benzene rings is 2. The first-order valence-electron chi connectivity index (χ1n) is 7.77. The Labute approximate surface area is 145 Å². The van der Waals surface area contributed by atoms with E-state index in [9.17, 15) is 10.1 Å². The molecular weight excluding hydrogens is 316 g/mol. The van der Waals surface area contributed by atoms with E-state index in [-0.39, 0.29) is 5.76 Å². The van der Waals surface area contributed by atoms with Crippen LogP contribution in [-0.4, -0.2) is 5.91 Å². The lowest BCUT2D eigenvalue weighted by Gasteiger charge is -2.12. The second-order valence-corrected chi connectivity index (χ2v) is 5.36. The number of amides is 1. The van der Waals surface area contributed by atoms with Crippen molar-refractivity contribution >= 4 is 5.91 Å². The highest BCUT2D eigenvalue weighted by Crippen LogP contribution is 2.19. The third-order valence-corrected chi connectivity index (χ3v) is 3.61. The quantitative estimate of drug-likeness (QED) is 0.744. The van der Waals surface area contributed by atoms with E-state index in [0.29, 0.717) is 17.9 Å². The van der Waals surface area contributed by atoms with E-state index < -0.39 is 11.9 Å². The molecule has 1 atom stereocenters. The normalized spacial score (nSPS) is 11.3. The third kappa shape index (κ3) is 4.27. The van der Waals surface area contributed by atoms with Crippen LogP contribution in [0.2, 0.25) is 0 Å². The van der Waals surface area contributed by atoms with Crippen LogP contribution < -0.4 is 10.1 Å². The Morgan fingerprint density at radius 1 is 1.08 bits per heavy atom. The fourth-order valence-electron chi connectivity index (χ4n) is 2.30. The zero-order valence-electron chi connectivity index (χ0n) is 13.4. The van der Waals surface area contributed by atoms with E-state index in [1.807, 2.05) is 30.3 Å². The van der Waals surface area contributed by atoms with Gasteiger partial charge in [0.2, 0.25) is 0 Å². The fourth-order valence-corrected chi connectivity index (χ4v) is 2.30. The van der Waals surface area contributed by atoms with Crippen LogP contribution in [0, 0.1) is 11.3 Å². The summed E-state index contributed by atoms with van der Waals surface area (Å²) >= 11 is 0. The number of furan rings is 1. The lowest BCUT2D eigenvalue weighted by Crippen LogP contribution is -2.27. The molecule has 3 rings (SSSR count). The molecule has 25 heavy (non-hydrogen) atoms. The number of ether oxygens (including phenoxy) is 1. The van der Waals surface area contributed by atoms with Crippen LogP contribution in [0.15, 0.2) is 77.4 Å². The van der Waals surface area contributed by atoms with Gasteiger partial charge in [-0.1, -0.05) is 42.5 Å². The number of nitrogens with one attached hydrogen (secondary N) is 1. The molecule has 3 aromatic rings. The van der Waals surface area contributed by atoms with Crippen LogP contribution in [-0.2, 0) is 6.61 Å². The van der Waals surface area contributed by atoms with Crippen molar-refractivity contribution in [2.75, 3.05) is 0 Å². The number of hydrogen-bond acceptors (Lipinski definition) is 4. The van der Waals surface area contributed by atoms with Gasteiger partial charge in [-0.15, -0.1) is 0 Å². The molecule has 0 aliphatic rings. The molecule has 0 bridgehead atoms. The van der Waals surface area contributed by atoms with E-state index in [1.54, 1.807) is 36.4 Å². The summed E-state index contributed by atoms with van der Waals surface area (Å²) in [4.78, 5) is 12.0. The summed E-state index contributed by atoms with van der Waals surface area (Å²) in [5.74, 6) is 0.436. The average Bonchev–Trinajstić information content (AvgIpc) is 3.20. The predicted molar refractivity (Wildman–Crippen MR) is 91.7 cm³/mol. The van der Waals surface area contributed by atoms with Gasteiger partial charge in [0.25, 0.3) is 5.91 Å². The molecule has 0 fully saturated rings. The number of hydrogen-bond donors (Lipinski definition) is 1. The van der Waals surface area contributed by atoms with Crippen molar-refractivity contribution in [2.24, 2.45) is 0 Å². The summed E-state index contributed by atoms with van der Waals surface area (Å²) in [7, 11) is 0. The molecule has 0 saturated carbocycles. The van der Waals surface area contributed by atoms with Crippen LogP contribution in [0.5, 0.6) is 5.75 Å². The smallest absolute Gasteiger partial charge is 0.288 e. The molecule has 1 heterocycles. The molecule has 2 aromatic carbocycles. The van der Waals surface area contributed by atoms with E-state index in [2.05, 4.69) is 11.4 Å². The molecule has 1 N–H and O–H groups in total. The van der Waals surface area contributed by atoms with Crippen molar-refractivity contribution in [1.82, 2.24) is 5.32 Å².